The smallest absolute Gasteiger partial charge is 0.211 e. The normalized spacial score (nSPS) is 22.2. The summed E-state index contributed by atoms with van der Waals surface area (Å²) in [6, 6.07) is 5.02. The predicted molar refractivity (Wildman–Crippen MR) is 93.3 cm³/mol. The Morgan fingerprint density at radius 1 is 1.50 bits per heavy atom. The van der Waals surface area contributed by atoms with Crippen LogP contribution in [0.25, 0.3) is 0 Å². The first-order chi connectivity index (χ1) is 11.5. The van der Waals surface area contributed by atoms with Crippen LogP contribution in [0.15, 0.2) is 35.5 Å². The molecule has 1 aromatic rings. The highest BCUT2D eigenvalue weighted by molar-refractivity contribution is 5.93. The quantitative estimate of drug-likeness (QED) is 0.392. The fourth-order valence-corrected chi connectivity index (χ4v) is 2.72. The molecular weight excluding hydrogens is 309 g/mol. The zero-order chi connectivity index (χ0) is 17.5. The van der Waals surface area contributed by atoms with Crippen molar-refractivity contribution in [3.63, 3.8) is 0 Å². The van der Waals surface area contributed by atoms with Crippen LogP contribution in [0, 0.1) is 11.7 Å². The summed E-state index contributed by atoms with van der Waals surface area (Å²) in [6.07, 6.45) is 3.94. The third kappa shape index (κ3) is 5.14. The van der Waals surface area contributed by atoms with Gasteiger partial charge in [-0.1, -0.05) is 13.0 Å². The van der Waals surface area contributed by atoms with Gasteiger partial charge in [0.15, 0.2) is 0 Å². The maximum Gasteiger partial charge on any atom is 0.211 e. The maximum absolute atomic E-state index is 14.2. The summed E-state index contributed by atoms with van der Waals surface area (Å²) >= 11 is 0. The van der Waals surface area contributed by atoms with Gasteiger partial charge in [-0.3, -0.25) is 4.79 Å². The SMILES string of the molecule is CC1CN(CCc2ccc(N=C(N)/C=C\NC=O)cc2F)C[C@H]1N. The number of amidine groups is 1. The maximum atomic E-state index is 14.2. The minimum Gasteiger partial charge on any atom is -0.384 e. The highest BCUT2D eigenvalue weighted by Crippen LogP contribution is 2.19. The summed E-state index contributed by atoms with van der Waals surface area (Å²) in [5.41, 5.74) is 12.8. The molecule has 1 aliphatic heterocycles. The summed E-state index contributed by atoms with van der Waals surface area (Å²) < 4.78 is 14.2. The molecule has 1 heterocycles. The number of benzene rings is 1. The third-order valence-corrected chi connectivity index (χ3v) is 4.16. The lowest BCUT2D eigenvalue weighted by atomic mass is 10.1. The van der Waals surface area contributed by atoms with Gasteiger partial charge in [-0.05, 0) is 36.1 Å². The summed E-state index contributed by atoms with van der Waals surface area (Å²) in [5, 5.41) is 2.33. The Kier molecular flexibility index (Phi) is 6.45. The largest absolute Gasteiger partial charge is 0.384 e. The van der Waals surface area contributed by atoms with Gasteiger partial charge < -0.3 is 21.7 Å². The van der Waals surface area contributed by atoms with E-state index in [0.717, 1.165) is 19.6 Å². The van der Waals surface area contributed by atoms with Gasteiger partial charge in [-0.15, -0.1) is 0 Å². The molecule has 0 radical (unpaired) electrons. The number of carbonyl (C=O) groups excluding carboxylic acids is 1. The van der Waals surface area contributed by atoms with Crippen LogP contribution in [0.5, 0.6) is 0 Å². The summed E-state index contributed by atoms with van der Waals surface area (Å²) in [7, 11) is 0. The zero-order valence-electron chi connectivity index (χ0n) is 13.8. The average Bonchev–Trinajstić information content (AvgIpc) is 2.85. The van der Waals surface area contributed by atoms with Crippen molar-refractivity contribution in [3.05, 3.63) is 41.9 Å². The van der Waals surface area contributed by atoms with Crippen molar-refractivity contribution < 1.29 is 9.18 Å². The molecule has 1 aliphatic rings. The van der Waals surface area contributed by atoms with Crippen LogP contribution < -0.4 is 16.8 Å². The van der Waals surface area contributed by atoms with Gasteiger partial charge in [0.25, 0.3) is 0 Å². The van der Waals surface area contributed by atoms with Gasteiger partial charge in [0.2, 0.25) is 6.41 Å². The van der Waals surface area contributed by atoms with Crippen LogP contribution in [-0.2, 0) is 11.2 Å². The van der Waals surface area contributed by atoms with Crippen molar-refractivity contribution in [2.24, 2.45) is 22.4 Å². The van der Waals surface area contributed by atoms with Crippen molar-refractivity contribution in [2.75, 3.05) is 19.6 Å². The van der Waals surface area contributed by atoms with Crippen molar-refractivity contribution in [2.45, 2.75) is 19.4 Å². The van der Waals surface area contributed by atoms with Gasteiger partial charge >= 0.3 is 0 Å². The minimum absolute atomic E-state index is 0.177. The second kappa shape index (κ2) is 8.56. The van der Waals surface area contributed by atoms with E-state index in [1.807, 2.05) is 0 Å². The second-order valence-corrected chi connectivity index (χ2v) is 6.08. The molecule has 130 valence electrons. The van der Waals surface area contributed by atoms with Crippen LogP contribution >= 0.6 is 0 Å². The van der Waals surface area contributed by atoms with Crippen LogP contribution in [0.1, 0.15) is 12.5 Å². The van der Waals surface area contributed by atoms with Gasteiger partial charge in [0, 0.05) is 31.9 Å². The minimum atomic E-state index is -0.296. The van der Waals surface area contributed by atoms with Crippen molar-refractivity contribution in [1.82, 2.24) is 10.2 Å². The Morgan fingerprint density at radius 3 is 2.92 bits per heavy atom. The monoisotopic (exact) mass is 333 g/mol. The van der Waals surface area contributed by atoms with E-state index in [2.05, 4.69) is 22.1 Å². The third-order valence-electron chi connectivity index (χ3n) is 4.16. The first-order valence-electron chi connectivity index (χ1n) is 7.96. The Bertz CT molecular complexity index is 621. The van der Waals surface area contributed by atoms with E-state index in [1.54, 1.807) is 12.1 Å². The van der Waals surface area contributed by atoms with Crippen LogP contribution in [0.2, 0.25) is 0 Å². The standard InChI is InChI=1S/C17H24FN5O/c1-12-9-23(10-16(12)19)7-5-13-2-3-14(8-15(13)18)22-17(20)4-6-21-11-24/h2-4,6,8,11-12,16H,5,7,9-10,19H2,1H3,(H2,20,22)(H,21,24)/b6-4-/t12?,16-/m1/s1. The van der Waals surface area contributed by atoms with Crippen LogP contribution in [0.4, 0.5) is 10.1 Å². The summed E-state index contributed by atoms with van der Waals surface area (Å²) in [6.45, 7) is 4.76. The lowest BCUT2D eigenvalue weighted by Crippen LogP contribution is -2.29. The first-order valence-corrected chi connectivity index (χ1v) is 7.96. The number of aliphatic imine (C=N–C) groups is 1. The molecule has 1 amide bonds. The fraction of sp³-hybridized carbons (Fsp3) is 0.412. The zero-order valence-corrected chi connectivity index (χ0v) is 13.8. The molecule has 0 bridgehead atoms. The highest BCUT2D eigenvalue weighted by Gasteiger charge is 2.26. The van der Waals surface area contributed by atoms with Crippen molar-refractivity contribution >= 4 is 17.9 Å². The molecule has 0 saturated carbocycles. The molecule has 2 rings (SSSR count). The lowest BCUT2D eigenvalue weighted by Gasteiger charge is -2.15. The number of carbonyl (C=O) groups is 1. The highest BCUT2D eigenvalue weighted by atomic mass is 19.1. The molecule has 1 fully saturated rings. The van der Waals surface area contributed by atoms with Gasteiger partial charge in [-0.25, -0.2) is 9.38 Å². The van der Waals surface area contributed by atoms with E-state index in [-0.39, 0.29) is 17.7 Å². The van der Waals surface area contributed by atoms with E-state index >= 15 is 0 Å². The molecule has 24 heavy (non-hydrogen) atoms. The van der Waals surface area contributed by atoms with E-state index in [1.165, 1.54) is 18.3 Å². The van der Waals surface area contributed by atoms with Gasteiger partial charge in [0.05, 0.1) is 5.69 Å². The van der Waals surface area contributed by atoms with Crippen molar-refractivity contribution in [3.8, 4) is 0 Å². The Morgan fingerprint density at radius 2 is 2.29 bits per heavy atom. The van der Waals surface area contributed by atoms with Crippen LogP contribution in [-0.4, -0.2) is 42.8 Å². The molecule has 7 heteroatoms. The van der Waals surface area contributed by atoms with E-state index < -0.39 is 0 Å². The molecule has 1 aromatic carbocycles. The first kappa shape index (κ1) is 18.1. The number of likely N-dealkylation sites (tertiary alicyclic amines) is 1. The van der Waals surface area contributed by atoms with E-state index in [9.17, 15) is 9.18 Å². The molecule has 1 unspecified atom stereocenters. The summed E-state index contributed by atoms with van der Waals surface area (Å²) in [5.74, 6) is 0.364. The molecular formula is C17H24FN5O. The topological polar surface area (TPSA) is 96.7 Å². The molecule has 0 aliphatic carbocycles. The molecule has 2 atom stereocenters. The lowest BCUT2D eigenvalue weighted by molar-refractivity contribution is -0.108. The number of hydrogen-bond donors (Lipinski definition) is 3. The molecule has 6 nitrogen and oxygen atoms in total. The average molecular weight is 333 g/mol. The number of nitrogens with two attached hydrogens (primary N) is 2. The predicted octanol–water partition coefficient (Wildman–Crippen LogP) is 0.896. The number of hydrogen-bond acceptors (Lipinski definition) is 4. The van der Waals surface area contributed by atoms with Crippen LogP contribution in [0.3, 0.4) is 0 Å². The number of nitrogens with one attached hydrogen (secondary N) is 1. The number of rotatable bonds is 7. The number of halogens is 1. The fourth-order valence-electron chi connectivity index (χ4n) is 2.72. The molecule has 1 saturated heterocycles. The van der Waals surface area contributed by atoms with Gasteiger partial charge in [-0.2, -0.15) is 0 Å². The number of amides is 1. The van der Waals surface area contributed by atoms with Gasteiger partial charge in [0.1, 0.15) is 11.7 Å². The van der Waals surface area contributed by atoms with E-state index in [4.69, 9.17) is 11.5 Å². The number of nitrogens with zero attached hydrogens (tertiary/aromatic N) is 2. The second-order valence-electron chi connectivity index (χ2n) is 6.08. The Balaban J connectivity index is 1.94. The summed E-state index contributed by atoms with van der Waals surface area (Å²) in [4.78, 5) is 16.5. The molecule has 0 aromatic heterocycles. The molecule has 5 N–H and O–H groups in total. The van der Waals surface area contributed by atoms with Crippen molar-refractivity contribution in [1.29, 1.82) is 0 Å². The Hall–Kier alpha value is -2.25. The van der Waals surface area contributed by atoms with E-state index in [0.29, 0.717) is 30.0 Å². The Labute approximate surface area is 141 Å². The molecule has 0 spiro atoms.